The summed E-state index contributed by atoms with van der Waals surface area (Å²) >= 11 is 0. The second-order valence-electron chi connectivity index (χ2n) is 4.63. The molecule has 2 heterocycles. The number of hydrogen-bond acceptors (Lipinski definition) is 5. The molecule has 0 aromatic carbocycles. The van der Waals surface area contributed by atoms with Gasteiger partial charge in [-0.15, -0.1) is 0 Å². The summed E-state index contributed by atoms with van der Waals surface area (Å²) in [5, 5.41) is 12.6. The summed E-state index contributed by atoms with van der Waals surface area (Å²) in [5.74, 6) is 0. The van der Waals surface area contributed by atoms with Crippen LogP contribution in [-0.4, -0.2) is 33.4 Å². The number of nitrogens with one attached hydrogen (secondary N) is 1. The highest BCUT2D eigenvalue weighted by Gasteiger charge is 2.35. The van der Waals surface area contributed by atoms with Gasteiger partial charge in [0.2, 0.25) is 0 Å². The fourth-order valence-electron chi connectivity index (χ4n) is 2.26. The first-order valence-electron chi connectivity index (χ1n) is 6.19. The number of H-pyrrole nitrogens is 1. The minimum Gasteiger partial charge on any atom is -0.396 e. The summed E-state index contributed by atoms with van der Waals surface area (Å²) < 4.78 is 6.92. The second kappa shape index (κ2) is 5.91. The topological polar surface area (TPSA) is 133 Å². The van der Waals surface area contributed by atoms with Crippen LogP contribution in [0.1, 0.15) is 24.6 Å². The lowest BCUT2D eigenvalue weighted by Crippen LogP contribution is -2.33. The lowest BCUT2D eigenvalue weighted by atomic mass is 10.1. The van der Waals surface area contributed by atoms with Crippen LogP contribution in [0.15, 0.2) is 20.9 Å². The fourth-order valence-corrected chi connectivity index (χ4v) is 2.26. The molecule has 2 N–H and O–H groups in total. The van der Waals surface area contributed by atoms with Gasteiger partial charge in [0.15, 0.2) is 0 Å². The summed E-state index contributed by atoms with van der Waals surface area (Å²) in [6.45, 7) is 1.48. The van der Waals surface area contributed by atoms with Gasteiger partial charge in [-0.25, -0.2) is 4.79 Å². The van der Waals surface area contributed by atoms with E-state index < -0.39 is 29.6 Å². The van der Waals surface area contributed by atoms with Gasteiger partial charge in [-0.1, -0.05) is 5.11 Å². The Bertz CT molecular complexity index is 645. The van der Waals surface area contributed by atoms with Crippen molar-refractivity contribution in [2.45, 2.75) is 38.1 Å². The number of aryl methyl sites for hydroxylation is 1. The molecular weight excluding hydrogens is 266 g/mol. The van der Waals surface area contributed by atoms with Crippen LogP contribution in [0, 0.1) is 6.92 Å². The Morgan fingerprint density at radius 3 is 3.05 bits per heavy atom. The highest BCUT2D eigenvalue weighted by molar-refractivity contribution is 5.02. The lowest BCUT2D eigenvalue weighted by Gasteiger charge is -2.15. The quantitative estimate of drug-likeness (QED) is 0.463. The number of rotatable bonds is 4. The second-order valence-corrected chi connectivity index (χ2v) is 4.63. The zero-order valence-corrected chi connectivity index (χ0v) is 10.9. The normalized spacial score (nSPS) is 25.4. The van der Waals surface area contributed by atoms with Crippen LogP contribution < -0.4 is 11.2 Å². The number of aromatic amines is 1. The molecule has 2 rings (SSSR count). The molecule has 0 aliphatic carbocycles. The predicted molar refractivity (Wildman–Crippen MR) is 69.2 cm³/mol. The maximum atomic E-state index is 11.8. The van der Waals surface area contributed by atoms with E-state index in [9.17, 15) is 9.59 Å². The third-order valence-corrected chi connectivity index (χ3v) is 3.27. The molecule has 3 unspecified atom stereocenters. The Morgan fingerprint density at radius 2 is 2.40 bits per heavy atom. The predicted octanol–water partition coefficient (Wildman–Crippen LogP) is 0.194. The first-order valence-corrected chi connectivity index (χ1v) is 6.19. The standard InChI is InChI=1S/C11H15N5O4/c1-6-5-16(11(19)13-10(6)18)9-4-7(14-15-12)8(20-9)2-3-17/h5,7-9,17H,2-4H2,1H3,(H,13,18,19). The van der Waals surface area contributed by atoms with Crippen LogP contribution in [-0.2, 0) is 4.74 Å². The third-order valence-electron chi connectivity index (χ3n) is 3.27. The first kappa shape index (κ1) is 14.3. The first-order chi connectivity index (χ1) is 9.56. The van der Waals surface area contributed by atoms with Gasteiger partial charge in [-0.05, 0) is 18.9 Å². The summed E-state index contributed by atoms with van der Waals surface area (Å²) in [7, 11) is 0. The Labute approximate surface area is 113 Å². The number of azide groups is 1. The largest absolute Gasteiger partial charge is 0.396 e. The molecule has 1 aromatic rings. The number of hydrogen-bond donors (Lipinski definition) is 2. The molecule has 9 nitrogen and oxygen atoms in total. The molecule has 0 bridgehead atoms. The molecule has 9 heteroatoms. The van der Waals surface area contributed by atoms with Crippen molar-refractivity contribution in [3.63, 3.8) is 0 Å². The number of ether oxygens (including phenoxy) is 1. The molecule has 1 aromatic heterocycles. The van der Waals surface area contributed by atoms with Gasteiger partial charge in [0.25, 0.3) is 5.56 Å². The molecule has 1 aliphatic rings. The van der Waals surface area contributed by atoms with Crippen LogP contribution in [0.2, 0.25) is 0 Å². The molecule has 20 heavy (non-hydrogen) atoms. The van der Waals surface area contributed by atoms with E-state index >= 15 is 0 Å². The highest BCUT2D eigenvalue weighted by Crippen LogP contribution is 2.31. The van der Waals surface area contributed by atoms with E-state index in [1.54, 1.807) is 6.92 Å². The van der Waals surface area contributed by atoms with Crippen molar-refractivity contribution in [3.05, 3.63) is 43.0 Å². The van der Waals surface area contributed by atoms with Crippen molar-refractivity contribution in [1.82, 2.24) is 9.55 Å². The third kappa shape index (κ3) is 2.74. The van der Waals surface area contributed by atoms with Crippen LogP contribution in [0.4, 0.5) is 0 Å². The van der Waals surface area contributed by atoms with Gasteiger partial charge < -0.3 is 9.84 Å². The van der Waals surface area contributed by atoms with Gasteiger partial charge in [0.1, 0.15) is 6.23 Å². The Kier molecular flexibility index (Phi) is 4.23. The molecule has 1 saturated heterocycles. The van der Waals surface area contributed by atoms with Crippen LogP contribution in [0.5, 0.6) is 0 Å². The van der Waals surface area contributed by atoms with E-state index in [1.807, 2.05) is 0 Å². The van der Waals surface area contributed by atoms with Gasteiger partial charge in [-0.2, -0.15) is 0 Å². The summed E-state index contributed by atoms with van der Waals surface area (Å²) in [6.07, 6.45) is 0.989. The van der Waals surface area contributed by atoms with Crippen molar-refractivity contribution in [2.75, 3.05) is 6.61 Å². The SMILES string of the molecule is Cc1cn(C2CC(N=[N+]=[N-])C(CCO)O2)c(=O)[nH]c1=O. The molecule has 3 atom stereocenters. The van der Waals surface area contributed by atoms with Gasteiger partial charge >= 0.3 is 5.69 Å². The van der Waals surface area contributed by atoms with Gasteiger partial charge in [0, 0.05) is 29.7 Å². The summed E-state index contributed by atoms with van der Waals surface area (Å²) in [6, 6.07) is -0.448. The van der Waals surface area contributed by atoms with Crippen molar-refractivity contribution < 1.29 is 9.84 Å². The Morgan fingerprint density at radius 1 is 1.65 bits per heavy atom. The number of nitrogens with zero attached hydrogens (tertiary/aromatic N) is 4. The smallest absolute Gasteiger partial charge is 0.330 e. The van der Waals surface area contributed by atoms with Crippen LogP contribution in [0.25, 0.3) is 10.4 Å². The van der Waals surface area contributed by atoms with Gasteiger partial charge in [0.05, 0.1) is 12.1 Å². The zero-order valence-electron chi connectivity index (χ0n) is 10.9. The summed E-state index contributed by atoms with van der Waals surface area (Å²) in [4.78, 5) is 28.1. The van der Waals surface area contributed by atoms with Crippen LogP contribution >= 0.6 is 0 Å². The van der Waals surface area contributed by atoms with Gasteiger partial charge in [-0.3, -0.25) is 14.3 Å². The molecule has 0 amide bonds. The van der Waals surface area contributed by atoms with E-state index in [-0.39, 0.29) is 6.61 Å². The maximum absolute atomic E-state index is 11.8. The minimum absolute atomic E-state index is 0.103. The molecule has 108 valence electrons. The Hall–Kier alpha value is -2.09. The maximum Gasteiger partial charge on any atom is 0.330 e. The van der Waals surface area contributed by atoms with E-state index in [2.05, 4.69) is 15.0 Å². The monoisotopic (exact) mass is 281 g/mol. The van der Waals surface area contributed by atoms with E-state index in [0.717, 1.165) is 0 Å². The van der Waals surface area contributed by atoms with Crippen molar-refractivity contribution >= 4 is 0 Å². The molecule has 1 fully saturated rings. The fraction of sp³-hybridized carbons (Fsp3) is 0.636. The Balaban J connectivity index is 2.31. The minimum atomic E-state index is -0.620. The number of aromatic nitrogens is 2. The molecular formula is C11H15N5O4. The average Bonchev–Trinajstić information content (AvgIpc) is 2.78. The van der Waals surface area contributed by atoms with E-state index in [0.29, 0.717) is 18.4 Å². The number of aliphatic hydroxyl groups is 1. The molecule has 0 radical (unpaired) electrons. The molecule has 1 aliphatic heterocycles. The van der Waals surface area contributed by atoms with E-state index in [4.69, 9.17) is 15.4 Å². The summed E-state index contributed by atoms with van der Waals surface area (Å²) in [5.41, 5.74) is 7.90. The van der Waals surface area contributed by atoms with Crippen molar-refractivity contribution in [1.29, 1.82) is 0 Å². The molecule has 0 saturated carbocycles. The average molecular weight is 281 g/mol. The van der Waals surface area contributed by atoms with Crippen LogP contribution in [0.3, 0.4) is 0 Å². The lowest BCUT2D eigenvalue weighted by molar-refractivity contribution is -0.0125. The number of aliphatic hydroxyl groups excluding tert-OH is 1. The van der Waals surface area contributed by atoms with Crippen molar-refractivity contribution in [2.24, 2.45) is 5.11 Å². The van der Waals surface area contributed by atoms with E-state index in [1.165, 1.54) is 10.8 Å². The van der Waals surface area contributed by atoms with Crippen molar-refractivity contribution in [3.8, 4) is 0 Å². The molecule has 0 spiro atoms. The zero-order chi connectivity index (χ0) is 14.7. The highest BCUT2D eigenvalue weighted by atomic mass is 16.5.